The summed E-state index contributed by atoms with van der Waals surface area (Å²) in [6.07, 6.45) is 41.0. The van der Waals surface area contributed by atoms with E-state index in [9.17, 15) is 19.5 Å². The Morgan fingerprint density at radius 1 is 0.608 bits per heavy atom. The molecule has 2 unspecified atom stereocenters. The largest absolute Gasteiger partial charge is 0.477 e. The van der Waals surface area contributed by atoms with Gasteiger partial charge >= 0.3 is 17.9 Å². The lowest BCUT2D eigenvalue weighted by molar-refractivity contribution is -0.887. The van der Waals surface area contributed by atoms with E-state index in [4.69, 9.17) is 14.2 Å². The van der Waals surface area contributed by atoms with Crippen molar-refractivity contribution in [2.24, 2.45) is 0 Å². The fourth-order valence-corrected chi connectivity index (χ4v) is 5.05. The second-order valence-electron chi connectivity index (χ2n) is 13.8. The van der Waals surface area contributed by atoms with E-state index in [0.717, 1.165) is 77.0 Å². The average molecular weight is 715 g/mol. The molecule has 51 heavy (non-hydrogen) atoms. The zero-order valence-electron chi connectivity index (χ0n) is 32.8. The topological polar surface area (TPSA) is 99.1 Å². The summed E-state index contributed by atoms with van der Waals surface area (Å²) < 4.78 is 17.1. The van der Waals surface area contributed by atoms with Crippen molar-refractivity contribution in [1.29, 1.82) is 0 Å². The van der Waals surface area contributed by atoms with Crippen molar-refractivity contribution in [1.82, 2.24) is 0 Å². The molecule has 8 heteroatoms. The number of ether oxygens (including phenoxy) is 3. The van der Waals surface area contributed by atoms with Crippen LogP contribution in [0.25, 0.3) is 0 Å². The van der Waals surface area contributed by atoms with Crippen molar-refractivity contribution < 1.29 is 38.2 Å². The molecule has 0 aliphatic heterocycles. The van der Waals surface area contributed by atoms with Gasteiger partial charge in [0, 0.05) is 19.3 Å². The van der Waals surface area contributed by atoms with Crippen molar-refractivity contribution in [3.63, 3.8) is 0 Å². The molecular weight excluding hydrogens is 642 g/mol. The molecule has 0 amide bonds. The smallest absolute Gasteiger partial charge is 0.362 e. The van der Waals surface area contributed by atoms with Crippen LogP contribution in [0, 0.1) is 0 Å². The number of carboxylic acids is 1. The number of hydrogen-bond donors (Lipinski definition) is 1. The second-order valence-corrected chi connectivity index (χ2v) is 13.8. The van der Waals surface area contributed by atoms with Crippen LogP contribution in [0.4, 0.5) is 0 Å². The molecule has 0 aromatic rings. The van der Waals surface area contributed by atoms with Crippen LogP contribution in [0.3, 0.4) is 0 Å². The lowest BCUT2D eigenvalue weighted by Crippen LogP contribution is -2.50. The highest BCUT2D eigenvalue weighted by molar-refractivity contribution is 5.72. The molecule has 0 fully saturated rings. The summed E-state index contributed by atoms with van der Waals surface area (Å²) in [5.41, 5.74) is 0. The summed E-state index contributed by atoms with van der Waals surface area (Å²) >= 11 is 0. The third-order valence-corrected chi connectivity index (χ3v) is 8.09. The van der Waals surface area contributed by atoms with Gasteiger partial charge in [0.25, 0.3) is 0 Å². The maximum atomic E-state index is 12.6. The Balaban J connectivity index is 4.55. The molecule has 0 rings (SSSR count). The highest BCUT2D eigenvalue weighted by Crippen LogP contribution is 2.11. The molecule has 8 nitrogen and oxygen atoms in total. The van der Waals surface area contributed by atoms with Gasteiger partial charge < -0.3 is 23.8 Å². The van der Waals surface area contributed by atoms with E-state index >= 15 is 0 Å². The van der Waals surface area contributed by atoms with Crippen LogP contribution < -0.4 is 0 Å². The van der Waals surface area contributed by atoms with E-state index < -0.39 is 18.1 Å². The van der Waals surface area contributed by atoms with E-state index in [1.807, 2.05) is 21.1 Å². The number of quaternary nitrogens is 1. The first-order chi connectivity index (χ1) is 24.6. The number of esters is 2. The molecule has 0 aromatic carbocycles. The molecule has 1 N–H and O–H groups in total. The zero-order valence-corrected chi connectivity index (χ0v) is 32.8. The molecule has 0 radical (unpaired) electrons. The highest BCUT2D eigenvalue weighted by Gasteiger charge is 2.31. The molecule has 290 valence electrons. The van der Waals surface area contributed by atoms with Gasteiger partial charge in [-0.3, -0.25) is 9.59 Å². The minimum absolute atomic E-state index is 0.0308. The molecule has 0 heterocycles. The Hall–Kier alpha value is -3.23. The van der Waals surface area contributed by atoms with Gasteiger partial charge in [0.15, 0.2) is 12.1 Å². The molecule has 0 aromatic heterocycles. The maximum Gasteiger partial charge on any atom is 0.362 e. The molecular formula is C43H72NO7+. The Morgan fingerprint density at radius 2 is 1.12 bits per heavy atom. The Kier molecular flexibility index (Phi) is 31.7. The summed E-state index contributed by atoms with van der Waals surface area (Å²) in [6.45, 7) is 4.47. The molecule has 0 saturated carbocycles. The number of unbranched alkanes of at least 4 members (excludes halogenated alkanes) is 7. The van der Waals surface area contributed by atoms with Crippen LogP contribution in [0.2, 0.25) is 0 Å². The minimum atomic E-state index is -0.890. The Bertz CT molecular complexity index is 1060. The van der Waals surface area contributed by atoms with E-state index in [1.165, 1.54) is 12.8 Å². The van der Waals surface area contributed by atoms with Crippen LogP contribution in [0.1, 0.15) is 129 Å². The number of allylic oxidation sites excluding steroid dienone is 12. The normalized spacial score (nSPS) is 13.8. The number of carbonyl (C=O) groups excluding carboxylic acids is 2. The summed E-state index contributed by atoms with van der Waals surface area (Å²) in [4.78, 5) is 36.7. The Morgan fingerprint density at radius 3 is 1.69 bits per heavy atom. The van der Waals surface area contributed by atoms with Crippen molar-refractivity contribution in [2.75, 3.05) is 41.0 Å². The maximum absolute atomic E-state index is 12.6. The predicted molar refractivity (Wildman–Crippen MR) is 210 cm³/mol. The van der Waals surface area contributed by atoms with Crippen molar-refractivity contribution >= 4 is 17.9 Å². The van der Waals surface area contributed by atoms with Gasteiger partial charge in [-0.05, 0) is 70.6 Å². The predicted octanol–water partition coefficient (Wildman–Crippen LogP) is 10.0. The third kappa shape index (κ3) is 32.4. The summed E-state index contributed by atoms with van der Waals surface area (Å²) in [5.74, 6) is -1.57. The van der Waals surface area contributed by atoms with Crippen molar-refractivity contribution in [3.05, 3.63) is 72.9 Å². The second kappa shape index (κ2) is 33.9. The number of carboxylic acid groups (broad SMARTS) is 1. The van der Waals surface area contributed by atoms with Crippen LogP contribution in [-0.2, 0) is 28.6 Å². The van der Waals surface area contributed by atoms with Crippen molar-refractivity contribution in [3.8, 4) is 0 Å². The quantitative estimate of drug-likeness (QED) is 0.0313. The van der Waals surface area contributed by atoms with Crippen LogP contribution in [-0.4, -0.2) is 80.6 Å². The highest BCUT2D eigenvalue weighted by atomic mass is 16.6. The van der Waals surface area contributed by atoms with Gasteiger partial charge in [-0.25, -0.2) is 4.79 Å². The van der Waals surface area contributed by atoms with Crippen molar-refractivity contribution in [2.45, 2.75) is 142 Å². The van der Waals surface area contributed by atoms with Gasteiger partial charge in [-0.2, -0.15) is 0 Å². The van der Waals surface area contributed by atoms with Gasteiger partial charge in [0.1, 0.15) is 6.61 Å². The molecule has 0 spiro atoms. The van der Waals surface area contributed by atoms with Gasteiger partial charge in [-0.1, -0.05) is 112 Å². The molecule has 0 aliphatic rings. The Labute approximate surface area is 311 Å². The van der Waals surface area contributed by atoms with Gasteiger partial charge in [0.2, 0.25) is 0 Å². The number of carbonyl (C=O) groups is 3. The lowest BCUT2D eigenvalue weighted by atomic mass is 10.1. The monoisotopic (exact) mass is 715 g/mol. The average Bonchev–Trinajstić information content (AvgIpc) is 3.08. The molecule has 0 bridgehead atoms. The van der Waals surface area contributed by atoms with Crippen LogP contribution >= 0.6 is 0 Å². The SMILES string of the molecule is CC/C=C/C/C=C/C/C=C/C/C=C/C/C=C/CCCC(=O)OC(COCCC(C(=O)O)[N+](C)(C)C)COC(=O)CCCCCC/C=C/CCCC. The summed E-state index contributed by atoms with van der Waals surface area (Å²) in [6, 6.07) is -0.628. The van der Waals surface area contributed by atoms with E-state index in [0.29, 0.717) is 19.3 Å². The first kappa shape index (κ1) is 47.8. The number of aliphatic carboxylic acids is 1. The first-order valence-corrected chi connectivity index (χ1v) is 19.5. The minimum Gasteiger partial charge on any atom is -0.477 e. The molecule has 0 saturated heterocycles. The fourth-order valence-electron chi connectivity index (χ4n) is 5.05. The van der Waals surface area contributed by atoms with E-state index in [-0.39, 0.29) is 42.7 Å². The van der Waals surface area contributed by atoms with Crippen LogP contribution in [0.5, 0.6) is 0 Å². The van der Waals surface area contributed by atoms with E-state index in [2.05, 4.69) is 86.8 Å². The molecule has 2 atom stereocenters. The fraction of sp³-hybridized carbons (Fsp3) is 0.651. The molecule has 0 aliphatic carbocycles. The first-order valence-electron chi connectivity index (χ1n) is 19.5. The number of hydrogen-bond acceptors (Lipinski definition) is 6. The number of rotatable bonds is 33. The summed E-state index contributed by atoms with van der Waals surface area (Å²) in [7, 11) is 5.48. The number of likely N-dealkylation sites (N-methyl/N-ethyl adjacent to an activating group) is 1. The van der Waals surface area contributed by atoms with E-state index in [1.54, 1.807) is 0 Å². The number of nitrogens with zero attached hydrogens (tertiary/aromatic N) is 1. The lowest BCUT2D eigenvalue weighted by Gasteiger charge is -2.31. The zero-order chi connectivity index (χ0) is 37.8. The van der Waals surface area contributed by atoms with Crippen LogP contribution in [0.15, 0.2) is 72.9 Å². The standard InChI is InChI=1S/C43H71NO7/c1-6-8-10-12-14-16-18-19-20-21-22-23-24-26-28-30-32-34-42(46)51-39(37-49-36-35-40(43(47)48)44(3,4)5)38-50-41(45)33-31-29-27-25-17-15-13-11-9-7-2/h8,10,13-16,19-20,22-23,26,28,39-40H,6-7,9,11-12,17-18,21,24-25,27,29-38H2,1-5H3/p+1/b10-8+,15-13+,16-14+,20-19+,23-22+,28-26+. The summed E-state index contributed by atoms with van der Waals surface area (Å²) in [5, 5.41) is 9.58. The van der Waals surface area contributed by atoms with Gasteiger partial charge in [-0.15, -0.1) is 0 Å². The van der Waals surface area contributed by atoms with Gasteiger partial charge in [0.05, 0.1) is 34.4 Å². The third-order valence-electron chi connectivity index (χ3n) is 8.09.